The van der Waals surface area contributed by atoms with Gasteiger partial charge in [-0.25, -0.2) is 9.97 Å². The molecule has 4 heteroatoms. The first-order valence-corrected chi connectivity index (χ1v) is 5.29. The molecule has 2 heterocycles. The highest BCUT2D eigenvalue weighted by Crippen LogP contribution is 2.25. The van der Waals surface area contributed by atoms with Crippen LogP contribution >= 0.6 is 11.6 Å². The maximum atomic E-state index is 6.16. The van der Waals surface area contributed by atoms with Crippen LogP contribution in [0.2, 0.25) is 0 Å². The summed E-state index contributed by atoms with van der Waals surface area (Å²) in [4.78, 5) is 10.7. The van der Waals surface area contributed by atoms with Gasteiger partial charge in [0.05, 0.1) is 5.38 Å². The summed E-state index contributed by atoms with van der Waals surface area (Å²) in [5.41, 5.74) is 0. The number of nitrogens with zero attached hydrogens (tertiary/aromatic N) is 3. The number of aromatic nitrogens is 2. The Kier molecular flexibility index (Phi) is 2.59. The fraction of sp³-hybridized carbons (Fsp3) is 0.600. The third kappa shape index (κ3) is 1.82. The molecule has 1 aromatic heterocycles. The predicted octanol–water partition coefficient (Wildman–Crippen LogP) is 1.85. The second-order valence-electron chi connectivity index (χ2n) is 3.86. The van der Waals surface area contributed by atoms with Crippen LogP contribution < -0.4 is 4.90 Å². The molecule has 1 aromatic rings. The molecule has 0 aliphatic carbocycles. The van der Waals surface area contributed by atoms with Crippen LogP contribution in [0.5, 0.6) is 0 Å². The second-order valence-corrected chi connectivity index (χ2v) is 4.42. The van der Waals surface area contributed by atoms with Crippen LogP contribution in [0, 0.1) is 12.8 Å². The van der Waals surface area contributed by atoms with Gasteiger partial charge in [-0.05, 0) is 18.9 Å². The van der Waals surface area contributed by atoms with Crippen LogP contribution in [0.25, 0.3) is 0 Å². The summed E-state index contributed by atoms with van der Waals surface area (Å²) in [5.74, 6) is 2.34. The molecule has 0 radical (unpaired) electrons. The zero-order valence-corrected chi connectivity index (χ0v) is 9.20. The van der Waals surface area contributed by atoms with Crippen molar-refractivity contribution in [3.8, 4) is 0 Å². The highest BCUT2D eigenvalue weighted by molar-refractivity contribution is 6.21. The van der Waals surface area contributed by atoms with E-state index < -0.39 is 0 Å². The molecule has 0 bridgehead atoms. The fourth-order valence-corrected chi connectivity index (χ4v) is 1.98. The van der Waals surface area contributed by atoms with Crippen molar-refractivity contribution in [3.63, 3.8) is 0 Å². The molecule has 14 heavy (non-hydrogen) atoms. The molecule has 1 aliphatic rings. The lowest BCUT2D eigenvalue weighted by atomic mass is 10.2. The number of anilines is 1. The van der Waals surface area contributed by atoms with Crippen LogP contribution in [0.4, 0.5) is 5.82 Å². The minimum atomic E-state index is 0.241. The molecule has 2 unspecified atom stereocenters. The summed E-state index contributed by atoms with van der Waals surface area (Å²) in [6.07, 6.45) is 1.80. The number of aryl methyl sites for hydroxylation is 1. The van der Waals surface area contributed by atoms with Crippen molar-refractivity contribution < 1.29 is 0 Å². The van der Waals surface area contributed by atoms with Gasteiger partial charge < -0.3 is 4.90 Å². The molecule has 0 saturated carbocycles. The fourth-order valence-electron chi connectivity index (χ4n) is 1.73. The first-order chi connectivity index (χ1) is 6.66. The van der Waals surface area contributed by atoms with Crippen molar-refractivity contribution in [3.05, 3.63) is 18.1 Å². The van der Waals surface area contributed by atoms with Crippen molar-refractivity contribution in [2.75, 3.05) is 18.0 Å². The van der Waals surface area contributed by atoms with Gasteiger partial charge in [0, 0.05) is 19.3 Å². The Morgan fingerprint density at radius 3 is 2.86 bits per heavy atom. The van der Waals surface area contributed by atoms with E-state index in [2.05, 4.69) is 21.8 Å². The Labute approximate surface area is 89.1 Å². The van der Waals surface area contributed by atoms with Gasteiger partial charge in [-0.3, -0.25) is 0 Å². The van der Waals surface area contributed by atoms with Gasteiger partial charge in [0.25, 0.3) is 0 Å². The van der Waals surface area contributed by atoms with Crippen molar-refractivity contribution >= 4 is 17.4 Å². The zero-order valence-electron chi connectivity index (χ0n) is 8.44. The molecule has 0 N–H and O–H groups in total. The maximum Gasteiger partial charge on any atom is 0.132 e. The van der Waals surface area contributed by atoms with E-state index in [4.69, 9.17) is 11.6 Å². The third-order valence-corrected chi connectivity index (χ3v) is 3.17. The summed E-state index contributed by atoms with van der Waals surface area (Å²) < 4.78 is 0. The highest BCUT2D eigenvalue weighted by Gasteiger charge is 2.28. The number of hydrogen-bond donors (Lipinski definition) is 0. The largest absolute Gasteiger partial charge is 0.355 e. The van der Waals surface area contributed by atoms with Crippen LogP contribution in [0.3, 0.4) is 0 Å². The number of halogens is 1. The molecule has 1 fully saturated rings. The Balaban J connectivity index is 2.17. The Morgan fingerprint density at radius 2 is 2.29 bits per heavy atom. The second kappa shape index (κ2) is 3.73. The lowest BCUT2D eigenvalue weighted by molar-refractivity contribution is 0.665. The van der Waals surface area contributed by atoms with E-state index in [-0.39, 0.29) is 5.38 Å². The first-order valence-electron chi connectivity index (χ1n) is 4.85. The van der Waals surface area contributed by atoms with Gasteiger partial charge >= 0.3 is 0 Å². The molecule has 0 amide bonds. The summed E-state index contributed by atoms with van der Waals surface area (Å²) in [6.45, 7) is 5.96. The van der Waals surface area contributed by atoms with E-state index in [1.54, 1.807) is 6.20 Å². The number of alkyl halides is 1. The minimum Gasteiger partial charge on any atom is -0.355 e. The Morgan fingerprint density at radius 1 is 1.50 bits per heavy atom. The number of rotatable bonds is 1. The van der Waals surface area contributed by atoms with Crippen LogP contribution in [-0.2, 0) is 0 Å². The maximum absolute atomic E-state index is 6.16. The topological polar surface area (TPSA) is 29.0 Å². The lowest BCUT2D eigenvalue weighted by Gasteiger charge is -2.16. The molecule has 3 nitrogen and oxygen atoms in total. The van der Waals surface area contributed by atoms with Gasteiger partial charge in [0.1, 0.15) is 11.6 Å². The van der Waals surface area contributed by atoms with Crippen LogP contribution in [0.1, 0.15) is 12.7 Å². The SMILES string of the molecule is Cc1nccc(N2CC(C)C(Cl)C2)n1. The van der Waals surface area contributed by atoms with Crippen LogP contribution in [-0.4, -0.2) is 28.4 Å². The van der Waals surface area contributed by atoms with Gasteiger partial charge in [-0.15, -0.1) is 11.6 Å². The predicted molar refractivity (Wildman–Crippen MR) is 57.8 cm³/mol. The van der Waals surface area contributed by atoms with Crippen molar-refractivity contribution in [2.45, 2.75) is 19.2 Å². The summed E-state index contributed by atoms with van der Waals surface area (Å²) in [6, 6.07) is 1.94. The minimum absolute atomic E-state index is 0.241. The third-order valence-electron chi connectivity index (χ3n) is 2.61. The monoisotopic (exact) mass is 211 g/mol. The van der Waals surface area contributed by atoms with E-state index in [1.165, 1.54) is 0 Å². The lowest BCUT2D eigenvalue weighted by Crippen LogP contribution is -2.21. The highest BCUT2D eigenvalue weighted by atomic mass is 35.5. The molecular formula is C10H14ClN3. The summed E-state index contributed by atoms with van der Waals surface area (Å²) in [5, 5.41) is 0.241. The molecular weight excluding hydrogens is 198 g/mol. The average molecular weight is 212 g/mol. The normalized spacial score (nSPS) is 26.9. The number of hydrogen-bond acceptors (Lipinski definition) is 3. The van der Waals surface area contributed by atoms with E-state index >= 15 is 0 Å². The van der Waals surface area contributed by atoms with Crippen molar-refractivity contribution in [1.82, 2.24) is 9.97 Å². The standard InChI is InChI=1S/C10H14ClN3/c1-7-5-14(6-9(7)11)10-3-4-12-8(2)13-10/h3-4,7,9H,5-6H2,1-2H3. The summed E-state index contributed by atoms with van der Waals surface area (Å²) in [7, 11) is 0. The molecule has 0 aromatic carbocycles. The smallest absolute Gasteiger partial charge is 0.132 e. The van der Waals surface area contributed by atoms with E-state index in [9.17, 15) is 0 Å². The average Bonchev–Trinajstić information content (AvgIpc) is 2.47. The first kappa shape index (κ1) is 9.71. The molecule has 76 valence electrons. The van der Waals surface area contributed by atoms with Gasteiger partial charge in [0.2, 0.25) is 0 Å². The van der Waals surface area contributed by atoms with Crippen molar-refractivity contribution in [2.24, 2.45) is 5.92 Å². The quantitative estimate of drug-likeness (QED) is 0.664. The molecule has 2 atom stereocenters. The molecule has 1 saturated heterocycles. The van der Waals surface area contributed by atoms with Gasteiger partial charge in [0.15, 0.2) is 0 Å². The zero-order chi connectivity index (χ0) is 10.1. The van der Waals surface area contributed by atoms with E-state index in [0.717, 1.165) is 24.7 Å². The Bertz CT molecular complexity index is 319. The molecule has 1 aliphatic heterocycles. The Hall–Kier alpha value is -0.830. The van der Waals surface area contributed by atoms with Gasteiger partial charge in [-0.2, -0.15) is 0 Å². The van der Waals surface area contributed by atoms with Gasteiger partial charge in [-0.1, -0.05) is 6.92 Å². The van der Waals surface area contributed by atoms with E-state index in [1.807, 2.05) is 13.0 Å². The molecule has 0 spiro atoms. The van der Waals surface area contributed by atoms with Crippen molar-refractivity contribution in [1.29, 1.82) is 0 Å². The summed E-state index contributed by atoms with van der Waals surface area (Å²) >= 11 is 6.16. The van der Waals surface area contributed by atoms with Crippen LogP contribution in [0.15, 0.2) is 12.3 Å². The molecule has 2 rings (SSSR count). The van der Waals surface area contributed by atoms with E-state index in [0.29, 0.717) is 5.92 Å².